The molecule has 0 aromatic rings. The summed E-state index contributed by atoms with van der Waals surface area (Å²) >= 11 is 3.07. The molecule has 5 heteroatoms. The van der Waals surface area contributed by atoms with E-state index in [4.69, 9.17) is 5.11 Å². The third-order valence-electron chi connectivity index (χ3n) is 1.35. The molecule has 0 bridgehead atoms. The number of hydrogen-bond acceptors (Lipinski definition) is 3. The smallest absolute Gasteiger partial charge is 0.233 e. The van der Waals surface area contributed by atoms with Gasteiger partial charge in [-0.3, -0.25) is 4.79 Å². The highest BCUT2D eigenvalue weighted by Gasteiger charge is 2.20. The van der Waals surface area contributed by atoms with E-state index in [1.165, 1.54) is 6.92 Å². The maximum atomic E-state index is 11.0. The Hall–Kier alpha value is -0.130. The summed E-state index contributed by atoms with van der Waals surface area (Å²) in [6.45, 7) is 2.82. The van der Waals surface area contributed by atoms with Gasteiger partial charge in [-0.15, -0.1) is 0 Å². The molecule has 0 spiro atoms. The van der Waals surface area contributed by atoms with Crippen LogP contribution in [0.3, 0.4) is 0 Å². The number of nitrogens with one attached hydrogen (secondary N) is 1. The Morgan fingerprint density at radius 3 is 2.58 bits per heavy atom. The minimum absolute atomic E-state index is 0.0538. The molecule has 2 atom stereocenters. The minimum atomic E-state index is -1.24. The molecule has 0 aliphatic heterocycles. The van der Waals surface area contributed by atoms with Crippen LogP contribution in [0.15, 0.2) is 0 Å². The Labute approximate surface area is 80.1 Å². The quantitative estimate of drug-likeness (QED) is 0.587. The van der Waals surface area contributed by atoms with Crippen LogP contribution in [-0.2, 0) is 4.79 Å². The first-order chi connectivity index (χ1) is 5.39. The predicted molar refractivity (Wildman–Crippen MR) is 49.1 cm³/mol. The zero-order valence-electron chi connectivity index (χ0n) is 7.17. The van der Waals surface area contributed by atoms with Crippen molar-refractivity contribution in [3.63, 3.8) is 0 Å². The van der Waals surface area contributed by atoms with Crippen molar-refractivity contribution >= 4 is 21.8 Å². The van der Waals surface area contributed by atoms with Crippen LogP contribution in [0.1, 0.15) is 13.8 Å². The highest BCUT2D eigenvalue weighted by Crippen LogP contribution is 2.01. The van der Waals surface area contributed by atoms with E-state index in [1.54, 1.807) is 6.92 Å². The van der Waals surface area contributed by atoms with Crippen LogP contribution in [0, 0.1) is 0 Å². The fourth-order valence-corrected chi connectivity index (χ4v) is 0.636. The number of carbonyl (C=O) groups excluding carboxylic acids is 1. The maximum absolute atomic E-state index is 11.0. The standard InChI is InChI=1S/C7H14BrNO3/c1-5(8)6(11)9-3-7(2,12)4-10/h5,10,12H,3-4H2,1-2H3,(H,9,11). The van der Waals surface area contributed by atoms with Crippen molar-refractivity contribution in [3.8, 4) is 0 Å². The highest BCUT2D eigenvalue weighted by molar-refractivity contribution is 9.10. The van der Waals surface area contributed by atoms with E-state index in [9.17, 15) is 9.90 Å². The summed E-state index contributed by atoms with van der Waals surface area (Å²) in [5.41, 5.74) is -1.24. The molecule has 0 saturated carbocycles. The van der Waals surface area contributed by atoms with Gasteiger partial charge >= 0.3 is 0 Å². The molecule has 0 rings (SSSR count). The molecule has 12 heavy (non-hydrogen) atoms. The average Bonchev–Trinajstić information content (AvgIpc) is 2.00. The van der Waals surface area contributed by atoms with Crippen molar-refractivity contribution in [1.82, 2.24) is 5.32 Å². The molecule has 0 fully saturated rings. The van der Waals surface area contributed by atoms with Crippen LogP contribution in [0.4, 0.5) is 0 Å². The second-order valence-electron chi connectivity index (χ2n) is 2.99. The van der Waals surface area contributed by atoms with E-state index in [2.05, 4.69) is 21.2 Å². The number of aliphatic hydroxyl groups is 2. The molecule has 1 amide bonds. The topological polar surface area (TPSA) is 69.6 Å². The SMILES string of the molecule is CC(Br)C(=O)NCC(C)(O)CO. The summed E-state index contributed by atoms with van der Waals surface area (Å²) in [5, 5.41) is 20.4. The monoisotopic (exact) mass is 239 g/mol. The van der Waals surface area contributed by atoms with Crippen LogP contribution in [0.5, 0.6) is 0 Å². The van der Waals surface area contributed by atoms with Gasteiger partial charge in [0.2, 0.25) is 5.91 Å². The normalized spacial score (nSPS) is 18.1. The van der Waals surface area contributed by atoms with E-state index in [1.807, 2.05) is 0 Å². The molecular weight excluding hydrogens is 226 g/mol. The second kappa shape index (κ2) is 4.79. The molecular formula is C7H14BrNO3. The van der Waals surface area contributed by atoms with Gasteiger partial charge in [0.1, 0.15) is 5.60 Å². The van der Waals surface area contributed by atoms with Gasteiger partial charge in [0.15, 0.2) is 0 Å². The molecule has 0 aliphatic carbocycles. The summed E-state index contributed by atoms with van der Waals surface area (Å²) < 4.78 is 0. The number of halogens is 1. The van der Waals surface area contributed by atoms with Crippen LogP contribution >= 0.6 is 15.9 Å². The summed E-state index contributed by atoms with van der Waals surface area (Å²) in [7, 11) is 0. The molecule has 0 aliphatic rings. The fraction of sp³-hybridized carbons (Fsp3) is 0.857. The van der Waals surface area contributed by atoms with Crippen molar-refractivity contribution in [2.24, 2.45) is 0 Å². The Kier molecular flexibility index (Phi) is 4.74. The second-order valence-corrected chi connectivity index (χ2v) is 4.36. The van der Waals surface area contributed by atoms with Gasteiger partial charge in [-0.25, -0.2) is 0 Å². The molecule has 72 valence electrons. The third-order valence-corrected chi connectivity index (χ3v) is 1.76. The average molecular weight is 240 g/mol. The first-order valence-electron chi connectivity index (χ1n) is 3.64. The summed E-state index contributed by atoms with van der Waals surface area (Å²) in [5.74, 6) is -0.205. The van der Waals surface area contributed by atoms with Crippen molar-refractivity contribution in [1.29, 1.82) is 0 Å². The number of rotatable bonds is 4. The van der Waals surface area contributed by atoms with Crippen LogP contribution in [0.2, 0.25) is 0 Å². The summed E-state index contributed by atoms with van der Waals surface area (Å²) in [4.78, 5) is 10.7. The summed E-state index contributed by atoms with van der Waals surface area (Å²) in [6.07, 6.45) is 0. The van der Waals surface area contributed by atoms with E-state index in [-0.39, 0.29) is 23.9 Å². The Morgan fingerprint density at radius 2 is 2.25 bits per heavy atom. The zero-order valence-corrected chi connectivity index (χ0v) is 8.76. The number of hydrogen-bond donors (Lipinski definition) is 3. The molecule has 3 N–H and O–H groups in total. The van der Waals surface area contributed by atoms with Gasteiger partial charge in [-0.05, 0) is 13.8 Å². The summed E-state index contributed by atoms with van der Waals surface area (Å²) in [6, 6.07) is 0. The first kappa shape index (κ1) is 11.9. The molecule has 2 unspecified atom stereocenters. The van der Waals surface area contributed by atoms with Gasteiger partial charge in [-0.2, -0.15) is 0 Å². The molecule has 4 nitrogen and oxygen atoms in total. The maximum Gasteiger partial charge on any atom is 0.233 e. The van der Waals surface area contributed by atoms with E-state index in [0.29, 0.717) is 0 Å². The van der Waals surface area contributed by atoms with Crippen molar-refractivity contribution in [3.05, 3.63) is 0 Å². The largest absolute Gasteiger partial charge is 0.393 e. The lowest BCUT2D eigenvalue weighted by atomic mass is 10.1. The first-order valence-corrected chi connectivity index (χ1v) is 4.55. The molecule has 0 aromatic heterocycles. The molecule has 0 saturated heterocycles. The van der Waals surface area contributed by atoms with Gasteiger partial charge in [0.25, 0.3) is 0 Å². The number of amides is 1. The number of carbonyl (C=O) groups is 1. The van der Waals surface area contributed by atoms with Crippen molar-refractivity contribution < 1.29 is 15.0 Å². The highest BCUT2D eigenvalue weighted by atomic mass is 79.9. The lowest BCUT2D eigenvalue weighted by molar-refractivity contribution is -0.121. The zero-order chi connectivity index (χ0) is 9.78. The van der Waals surface area contributed by atoms with Crippen molar-refractivity contribution in [2.45, 2.75) is 24.3 Å². The Bertz CT molecular complexity index is 159. The Balaban J connectivity index is 3.76. The molecule has 0 aromatic carbocycles. The van der Waals surface area contributed by atoms with Crippen LogP contribution in [0.25, 0.3) is 0 Å². The minimum Gasteiger partial charge on any atom is -0.393 e. The van der Waals surface area contributed by atoms with E-state index in [0.717, 1.165) is 0 Å². The van der Waals surface area contributed by atoms with Crippen molar-refractivity contribution in [2.75, 3.05) is 13.2 Å². The Morgan fingerprint density at radius 1 is 1.75 bits per heavy atom. The fourth-order valence-electron chi connectivity index (χ4n) is 0.474. The van der Waals surface area contributed by atoms with Gasteiger partial charge in [-0.1, -0.05) is 15.9 Å². The molecule has 0 radical (unpaired) electrons. The van der Waals surface area contributed by atoms with Gasteiger partial charge in [0.05, 0.1) is 11.4 Å². The van der Waals surface area contributed by atoms with Crippen LogP contribution in [-0.4, -0.2) is 39.7 Å². The lowest BCUT2D eigenvalue weighted by Crippen LogP contribution is -2.44. The van der Waals surface area contributed by atoms with E-state index >= 15 is 0 Å². The lowest BCUT2D eigenvalue weighted by Gasteiger charge is -2.20. The third kappa shape index (κ3) is 4.69. The number of aliphatic hydroxyl groups excluding tert-OH is 1. The van der Waals surface area contributed by atoms with Gasteiger partial charge in [0, 0.05) is 6.54 Å². The van der Waals surface area contributed by atoms with Gasteiger partial charge < -0.3 is 15.5 Å². The van der Waals surface area contributed by atoms with E-state index < -0.39 is 5.60 Å². The predicted octanol–water partition coefficient (Wildman–Crippen LogP) is -0.371. The molecule has 0 heterocycles. The number of alkyl halides is 1. The van der Waals surface area contributed by atoms with Crippen LogP contribution < -0.4 is 5.32 Å².